The summed E-state index contributed by atoms with van der Waals surface area (Å²) in [6.45, 7) is 0.733. The molecule has 0 saturated carbocycles. The van der Waals surface area contributed by atoms with Crippen LogP contribution in [0.4, 0.5) is 8.78 Å². The van der Waals surface area contributed by atoms with E-state index in [2.05, 4.69) is 0 Å². The van der Waals surface area contributed by atoms with E-state index in [0.29, 0.717) is 12.1 Å². The lowest BCUT2D eigenvalue weighted by Crippen LogP contribution is -2.42. The minimum absolute atomic E-state index is 0.0929. The Kier molecular flexibility index (Phi) is 4.13. The Balaban J connectivity index is 1.85. The van der Waals surface area contributed by atoms with Crippen LogP contribution >= 0.6 is 0 Å². The van der Waals surface area contributed by atoms with Gasteiger partial charge in [0.15, 0.2) is 0 Å². The van der Waals surface area contributed by atoms with E-state index in [1.54, 1.807) is 12.1 Å². The Bertz CT molecular complexity index is 1050. The van der Waals surface area contributed by atoms with Gasteiger partial charge in [-0.3, -0.25) is 0 Å². The number of halogens is 2. The highest BCUT2D eigenvalue weighted by molar-refractivity contribution is 7.89. The standard InChI is InChI=1S/C19H16F2N2O2S/c20-15-8-6-14(7-9-15)19-18-5-2-10-22(18)11-12-23(19)26(24,25)17-4-1-3-16(21)13-17/h1-10,13,19H,11-12H2. The van der Waals surface area contributed by atoms with Crippen LogP contribution in [0.1, 0.15) is 17.3 Å². The number of benzene rings is 2. The van der Waals surface area contributed by atoms with Gasteiger partial charge >= 0.3 is 0 Å². The molecule has 2 heterocycles. The first-order chi connectivity index (χ1) is 12.5. The summed E-state index contributed by atoms with van der Waals surface area (Å²) in [7, 11) is -3.93. The zero-order valence-electron chi connectivity index (χ0n) is 13.7. The highest BCUT2D eigenvalue weighted by Crippen LogP contribution is 2.36. The van der Waals surface area contributed by atoms with Crippen molar-refractivity contribution in [2.75, 3.05) is 6.54 Å². The van der Waals surface area contributed by atoms with Gasteiger partial charge in [0.25, 0.3) is 0 Å². The SMILES string of the molecule is O=S(=O)(c1cccc(F)c1)N1CCn2cccc2C1c1ccc(F)cc1. The molecule has 0 radical (unpaired) electrons. The zero-order valence-corrected chi connectivity index (χ0v) is 14.5. The summed E-state index contributed by atoms with van der Waals surface area (Å²) >= 11 is 0. The number of aromatic nitrogens is 1. The van der Waals surface area contributed by atoms with Gasteiger partial charge in [-0.25, -0.2) is 17.2 Å². The summed E-state index contributed by atoms with van der Waals surface area (Å²) in [6, 6.07) is 13.9. The van der Waals surface area contributed by atoms with Crippen molar-refractivity contribution in [3.05, 3.63) is 89.8 Å². The third-order valence-electron chi connectivity index (χ3n) is 4.58. The van der Waals surface area contributed by atoms with Crippen molar-refractivity contribution in [2.24, 2.45) is 0 Å². The number of hydrogen-bond donors (Lipinski definition) is 0. The quantitative estimate of drug-likeness (QED) is 0.704. The van der Waals surface area contributed by atoms with Crippen molar-refractivity contribution in [3.8, 4) is 0 Å². The molecule has 0 fully saturated rings. The molecule has 1 aliphatic heterocycles. The van der Waals surface area contributed by atoms with Crippen molar-refractivity contribution in [1.29, 1.82) is 0 Å². The second-order valence-corrected chi connectivity index (χ2v) is 8.04. The minimum atomic E-state index is -3.93. The van der Waals surface area contributed by atoms with Gasteiger partial charge in [-0.05, 0) is 48.0 Å². The van der Waals surface area contributed by atoms with Gasteiger partial charge in [-0.1, -0.05) is 18.2 Å². The van der Waals surface area contributed by atoms with Crippen LogP contribution in [0.25, 0.3) is 0 Å². The van der Waals surface area contributed by atoms with Crippen molar-refractivity contribution in [2.45, 2.75) is 17.5 Å². The zero-order chi connectivity index (χ0) is 18.3. The molecule has 0 amide bonds. The molecule has 7 heteroatoms. The summed E-state index contributed by atoms with van der Waals surface area (Å²) in [5, 5.41) is 0. The highest BCUT2D eigenvalue weighted by Gasteiger charge is 2.37. The summed E-state index contributed by atoms with van der Waals surface area (Å²) in [5.41, 5.74) is 1.45. The molecule has 134 valence electrons. The smallest absolute Gasteiger partial charge is 0.244 e. The van der Waals surface area contributed by atoms with Crippen LogP contribution in [0.2, 0.25) is 0 Å². The van der Waals surface area contributed by atoms with Gasteiger partial charge in [-0.15, -0.1) is 0 Å². The van der Waals surface area contributed by atoms with Crippen LogP contribution in [0.3, 0.4) is 0 Å². The predicted octanol–water partition coefficient (Wildman–Crippen LogP) is 3.56. The second-order valence-electron chi connectivity index (χ2n) is 6.15. The van der Waals surface area contributed by atoms with Crippen molar-refractivity contribution >= 4 is 10.0 Å². The largest absolute Gasteiger partial charge is 0.348 e. The molecule has 3 aromatic rings. The molecule has 0 N–H and O–H groups in total. The molecule has 4 rings (SSSR count). The Morgan fingerprint density at radius 3 is 2.38 bits per heavy atom. The maximum Gasteiger partial charge on any atom is 0.244 e. The monoisotopic (exact) mass is 374 g/mol. The number of hydrogen-bond acceptors (Lipinski definition) is 2. The Labute approximate surface area is 150 Å². The van der Waals surface area contributed by atoms with E-state index in [1.807, 2.05) is 22.9 Å². The average Bonchev–Trinajstić information content (AvgIpc) is 3.10. The summed E-state index contributed by atoms with van der Waals surface area (Å²) < 4.78 is 56.7. The van der Waals surface area contributed by atoms with Crippen molar-refractivity contribution < 1.29 is 17.2 Å². The molecule has 2 aromatic carbocycles. The molecule has 4 nitrogen and oxygen atoms in total. The fourth-order valence-electron chi connectivity index (χ4n) is 3.37. The predicted molar refractivity (Wildman–Crippen MR) is 93.0 cm³/mol. The topological polar surface area (TPSA) is 42.3 Å². The van der Waals surface area contributed by atoms with Gasteiger partial charge in [0.2, 0.25) is 10.0 Å². The van der Waals surface area contributed by atoms with E-state index in [-0.39, 0.29) is 17.3 Å². The molecule has 0 saturated heterocycles. The van der Waals surface area contributed by atoms with Crippen molar-refractivity contribution in [1.82, 2.24) is 8.87 Å². The number of sulfonamides is 1. The number of fused-ring (bicyclic) bond motifs is 1. The van der Waals surface area contributed by atoms with Crippen LogP contribution in [0.15, 0.2) is 71.8 Å². The lowest BCUT2D eigenvalue weighted by atomic mass is 10.0. The van der Waals surface area contributed by atoms with Crippen LogP contribution in [-0.4, -0.2) is 23.8 Å². The van der Waals surface area contributed by atoms with Crippen LogP contribution in [0.5, 0.6) is 0 Å². The first-order valence-corrected chi connectivity index (χ1v) is 9.59. The first-order valence-electron chi connectivity index (χ1n) is 8.15. The van der Waals surface area contributed by atoms with Crippen LogP contribution in [0, 0.1) is 11.6 Å². The maximum atomic E-state index is 13.6. The van der Waals surface area contributed by atoms with E-state index in [1.165, 1.54) is 34.6 Å². The summed E-state index contributed by atoms with van der Waals surface area (Å²) in [5.74, 6) is -0.996. The highest BCUT2D eigenvalue weighted by atomic mass is 32.2. The first kappa shape index (κ1) is 16.9. The molecule has 1 aromatic heterocycles. The molecule has 1 atom stereocenters. The normalized spacial score (nSPS) is 17.8. The van der Waals surface area contributed by atoms with Gasteiger partial charge in [-0.2, -0.15) is 4.31 Å². The second kappa shape index (κ2) is 6.34. The Hall–Kier alpha value is -2.51. The maximum absolute atomic E-state index is 13.6. The lowest BCUT2D eigenvalue weighted by Gasteiger charge is -2.36. The van der Waals surface area contributed by atoms with Gasteiger partial charge in [0.1, 0.15) is 11.6 Å². The molecule has 0 aliphatic carbocycles. The van der Waals surface area contributed by atoms with Gasteiger partial charge in [0.05, 0.1) is 10.9 Å². The fourth-order valence-corrected chi connectivity index (χ4v) is 4.98. The minimum Gasteiger partial charge on any atom is -0.348 e. The molecule has 1 aliphatic rings. The molecule has 0 spiro atoms. The Morgan fingerprint density at radius 1 is 0.885 bits per heavy atom. The van der Waals surface area contributed by atoms with E-state index >= 15 is 0 Å². The van der Waals surface area contributed by atoms with Gasteiger partial charge in [0, 0.05) is 25.0 Å². The van der Waals surface area contributed by atoms with Crippen molar-refractivity contribution in [3.63, 3.8) is 0 Å². The molecule has 0 bridgehead atoms. The van der Waals surface area contributed by atoms with E-state index in [0.717, 1.165) is 11.8 Å². The molecular formula is C19H16F2N2O2S. The van der Waals surface area contributed by atoms with E-state index in [4.69, 9.17) is 0 Å². The van der Waals surface area contributed by atoms with Crippen LogP contribution < -0.4 is 0 Å². The number of rotatable bonds is 3. The molecule has 26 heavy (non-hydrogen) atoms. The third kappa shape index (κ3) is 2.83. The average molecular weight is 374 g/mol. The Morgan fingerprint density at radius 2 is 1.65 bits per heavy atom. The summed E-state index contributed by atoms with van der Waals surface area (Å²) in [6.07, 6.45) is 1.89. The van der Waals surface area contributed by atoms with E-state index < -0.39 is 21.9 Å². The number of nitrogens with zero attached hydrogens (tertiary/aromatic N) is 2. The van der Waals surface area contributed by atoms with Gasteiger partial charge < -0.3 is 4.57 Å². The molecular weight excluding hydrogens is 358 g/mol. The molecule has 1 unspecified atom stereocenters. The summed E-state index contributed by atoms with van der Waals surface area (Å²) in [4.78, 5) is -0.0929. The lowest BCUT2D eigenvalue weighted by molar-refractivity contribution is 0.298. The van der Waals surface area contributed by atoms with Crippen LogP contribution in [-0.2, 0) is 16.6 Å². The third-order valence-corrected chi connectivity index (χ3v) is 6.44. The van der Waals surface area contributed by atoms with E-state index in [9.17, 15) is 17.2 Å². The fraction of sp³-hybridized carbons (Fsp3) is 0.158.